The summed E-state index contributed by atoms with van der Waals surface area (Å²) in [5.74, 6) is -0.767. The molecule has 0 spiro atoms. The van der Waals surface area contributed by atoms with E-state index in [4.69, 9.17) is 21.7 Å². The highest BCUT2D eigenvalue weighted by Gasteiger charge is 2.34. The molecule has 0 radical (unpaired) electrons. The van der Waals surface area contributed by atoms with Gasteiger partial charge in [-0.1, -0.05) is 42.2 Å². The van der Waals surface area contributed by atoms with E-state index in [0.29, 0.717) is 16.2 Å². The van der Waals surface area contributed by atoms with Crippen LogP contribution >= 0.6 is 24.0 Å². The molecule has 27 heavy (non-hydrogen) atoms. The van der Waals surface area contributed by atoms with Crippen LogP contribution in [0.25, 0.3) is 6.08 Å². The number of para-hydroxylation sites is 1. The van der Waals surface area contributed by atoms with Crippen molar-refractivity contribution in [2.24, 2.45) is 0 Å². The summed E-state index contributed by atoms with van der Waals surface area (Å²) < 4.78 is 24.6. The lowest BCUT2D eigenvalue weighted by Crippen LogP contribution is -2.28. The van der Waals surface area contributed by atoms with Gasteiger partial charge in [0, 0.05) is 6.92 Å². The Morgan fingerprint density at radius 1 is 1.22 bits per heavy atom. The molecule has 1 amide bonds. The van der Waals surface area contributed by atoms with Crippen molar-refractivity contribution in [3.8, 4) is 11.5 Å². The molecule has 0 atom stereocenters. The Labute approximate surface area is 164 Å². The largest absolute Gasteiger partial charge is 0.493 e. The van der Waals surface area contributed by atoms with E-state index >= 15 is 0 Å². The van der Waals surface area contributed by atoms with Gasteiger partial charge in [-0.3, -0.25) is 14.5 Å². The highest BCUT2D eigenvalue weighted by atomic mass is 32.2. The number of hydrogen-bond donors (Lipinski definition) is 0. The Kier molecular flexibility index (Phi) is 5.57. The summed E-state index contributed by atoms with van der Waals surface area (Å²) in [7, 11) is 1.45. The first-order valence-electron chi connectivity index (χ1n) is 7.79. The number of hydrogen-bond acceptors (Lipinski definition) is 6. The number of halogens is 1. The number of carbonyl (C=O) groups is 2. The number of carbonyl (C=O) groups excluding carboxylic acids is 2. The first-order chi connectivity index (χ1) is 12.9. The molecule has 2 aromatic carbocycles. The normalized spacial score (nSPS) is 15.4. The van der Waals surface area contributed by atoms with Gasteiger partial charge in [0.15, 0.2) is 15.8 Å². The van der Waals surface area contributed by atoms with Crippen molar-refractivity contribution >= 4 is 51.9 Å². The van der Waals surface area contributed by atoms with Crippen molar-refractivity contribution in [2.75, 3.05) is 12.0 Å². The van der Waals surface area contributed by atoms with Gasteiger partial charge in [0.2, 0.25) is 0 Å². The van der Waals surface area contributed by atoms with Gasteiger partial charge < -0.3 is 9.47 Å². The van der Waals surface area contributed by atoms with Gasteiger partial charge in [-0.05, 0) is 35.9 Å². The zero-order valence-corrected chi connectivity index (χ0v) is 16.0. The van der Waals surface area contributed by atoms with Gasteiger partial charge in [0.1, 0.15) is 5.82 Å². The topological polar surface area (TPSA) is 55.8 Å². The summed E-state index contributed by atoms with van der Waals surface area (Å²) in [6.07, 6.45) is 1.63. The quantitative estimate of drug-likeness (QED) is 0.331. The molecule has 0 aromatic heterocycles. The van der Waals surface area contributed by atoms with Crippen LogP contribution in [0, 0.1) is 5.82 Å². The fraction of sp³-hybridized carbons (Fsp3) is 0.105. The number of amides is 1. The van der Waals surface area contributed by atoms with E-state index in [1.165, 1.54) is 31.1 Å². The number of benzene rings is 2. The second kappa shape index (κ2) is 7.89. The summed E-state index contributed by atoms with van der Waals surface area (Å²) in [4.78, 5) is 25.4. The smallest absolute Gasteiger partial charge is 0.308 e. The van der Waals surface area contributed by atoms with Crippen LogP contribution in [0.1, 0.15) is 12.5 Å². The van der Waals surface area contributed by atoms with Crippen LogP contribution in [0.3, 0.4) is 0 Å². The van der Waals surface area contributed by atoms with Crippen molar-refractivity contribution in [1.29, 1.82) is 0 Å². The molecule has 1 aliphatic heterocycles. The van der Waals surface area contributed by atoms with E-state index in [0.717, 1.165) is 11.8 Å². The Balaban J connectivity index is 1.92. The average Bonchev–Trinajstić information content (AvgIpc) is 2.90. The van der Waals surface area contributed by atoms with Gasteiger partial charge in [0.05, 0.1) is 17.7 Å². The maximum Gasteiger partial charge on any atom is 0.308 e. The third kappa shape index (κ3) is 4.01. The molecule has 5 nitrogen and oxygen atoms in total. The Bertz CT molecular complexity index is 974. The third-order valence-electron chi connectivity index (χ3n) is 3.63. The number of esters is 1. The monoisotopic (exact) mass is 403 g/mol. The van der Waals surface area contributed by atoms with E-state index in [9.17, 15) is 14.0 Å². The van der Waals surface area contributed by atoms with Gasteiger partial charge in [-0.25, -0.2) is 4.39 Å². The number of thiocarbonyl (C=S) groups is 1. The number of methoxy groups -OCH3 is 1. The first-order valence-corrected chi connectivity index (χ1v) is 9.02. The lowest BCUT2D eigenvalue weighted by molar-refractivity contribution is -0.132. The van der Waals surface area contributed by atoms with Crippen molar-refractivity contribution in [1.82, 2.24) is 0 Å². The Morgan fingerprint density at radius 3 is 2.63 bits per heavy atom. The average molecular weight is 403 g/mol. The molecule has 0 unspecified atom stereocenters. The van der Waals surface area contributed by atoms with E-state index < -0.39 is 17.7 Å². The van der Waals surface area contributed by atoms with E-state index in [2.05, 4.69) is 0 Å². The predicted octanol–water partition coefficient (Wildman–Crippen LogP) is 4.17. The molecule has 3 rings (SSSR count). The van der Waals surface area contributed by atoms with Gasteiger partial charge in [-0.2, -0.15) is 0 Å². The zero-order chi connectivity index (χ0) is 19.6. The fourth-order valence-electron chi connectivity index (χ4n) is 2.47. The molecule has 1 fully saturated rings. The minimum absolute atomic E-state index is 0.117. The third-order valence-corrected chi connectivity index (χ3v) is 4.93. The second-order valence-electron chi connectivity index (χ2n) is 5.47. The summed E-state index contributed by atoms with van der Waals surface area (Å²) in [5.41, 5.74) is 0.767. The first kappa shape index (κ1) is 19.1. The van der Waals surface area contributed by atoms with Crippen LogP contribution in [0.4, 0.5) is 10.1 Å². The van der Waals surface area contributed by atoms with Gasteiger partial charge in [0.25, 0.3) is 5.91 Å². The molecule has 8 heteroatoms. The summed E-state index contributed by atoms with van der Waals surface area (Å²) in [6, 6.07) is 10.8. The van der Waals surface area contributed by atoms with Crippen LogP contribution in [-0.2, 0) is 9.59 Å². The number of nitrogens with zero attached hydrogens (tertiary/aromatic N) is 1. The van der Waals surface area contributed by atoms with Crippen LogP contribution in [0.15, 0.2) is 47.4 Å². The molecule has 0 aliphatic carbocycles. The number of ether oxygens (including phenoxy) is 2. The van der Waals surface area contributed by atoms with Crippen molar-refractivity contribution in [3.63, 3.8) is 0 Å². The van der Waals surface area contributed by atoms with E-state index in [-0.39, 0.29) is 15.8 Å². The molecule has 0 saturated carbocycles. The number of rotatable bonds is 4. The van der Waals surface area contributed by atoms with Gasteiger partial charge in [-0.15, -0.1) is 0 Å². The lowest BCUT2D eigenvalue weighted by Gasteiger charge is -2.14. The molecule has 1 heterocycles. The maximum absolute atomic E-state index is 14.0. The molecule has 1 aliphatic rings. The van der Waals surface area contributed by atoms with Crippen molar-refractivity contribution in [2.45, 2.75) is 6.92 Å². The van der Waals surface area contributed by atoms with Gasteiger partial charge >= 0.3 is 5.97 Å². The molecule has 2 aromatic rings. The van der Waals surface area contributed by atoms with Crippen LogP contribution in [0.2, 0.25) is 0 Å². The summed E-state index contributed by atoms with van der Waals surface area (Å²) in [6.45, 7) is 1.29. The Hall–Kier alpha value is -2.71. The number of anilines is 1. The highest BCUT2D eigenvalue weighted by molar-refractivity contribution is 8.27. The molecule has 1 saturated heterocycles. The summed E-state index contributed by atoms with van der Waals surface area (Å²) in [5, 5.41) is 0. The minimum Gasteiger partial charge on any atom is -0.493 e. The van der Waals surface area contributed by atoms with Crippen LogP contribution in [0.5, 0.6) is 11.5 Å². The molecule has 0 bridgehead atoms. The second-order valence-corrected chi connectivity index (χ2v) is 7.15. The van der Waals surface area contributed by atoms with E-state index in [1.54, 1.807) is 36.4 Å². The summed E-state index contributed by atoms with van der Waals surface area (Å²) >= 11 is 6.33. The molecular formula is C19H14FNO4S2. The van der Waals surface area contributed by atoms with Crippen molar-refractivity contribution in [3.05, 3.63) is 58.8 Å². The highest BCUT2D eigenvalue weighted by Crippen LogP contribution is 2.38. The predicted molar refractivity (Wildman–Crippen MR) is 106 cm³/mol. The standard InChI is InChI=1S/C19H14FNO4S2/c1-11(22)25-15-8-7-12(9-16(15)24-2)10-17-18(23)21(19(26)27-17)14-6-4-3-5-13(14)20/h3-10H,1-2H3/b17-10+. The van der Waals surface area contributed by atoms with Crippen LogP contribution in [-0.4, -0.2) is 23.3 Å². The van der Waals surface area contributed by atoms with Crippen LogP contribution < -0.4 is 14.4 Å². The lowest BCUT2D eigenvalue weighted by atomic mass is 10.1. The molecular weight excluding hydrogens is 389 g/mol. The fourth-order valence-corrected chi connectivity index (χ4v) is 3.76. The maximum atomic E-state index is 14.0. The Morgan fingerprint density at radius 2 is 1.96 bits per heavy atom. The van der Waals surface area contributed by atoms with Crippen molar-refractivity contribution < 1.29 is 23.5 Å². The van der Waals surface area contributed by atoms with E-state index in [1.807, 2.05) is 0 Å². The molecule has 138 valence electrons. The minimum atomic E-state index is -0.526. The SMILES string of the molecule is COc1cc(/C=C2/SC(=S)N(c3ccccc3F)C2=O)ccc1OC(C)=O. The zero-order valence-electron chi connectivity index (χ0n) is 14.4. The number of thioether (sulfide) groups is 1. The molecule has 0 N–H and O–H groups in total.